The lowest BCUT2D eigenvalue weighted by Gasteiger charge is -2.16. The van der Waals surface area contributed by atoms with Gasteiger partial charge in [0.25, 0.3) is 5.91 Å². The third-order valence-electron chi connectivity index (χ3n) is 3.08. The fraction of sp³-hybridized carbons (Fsp3) is 0.500. The van der Waals surface area contributed by atoms with E-state index >= 15 is 0 Å². The van der Waals surface area contributed by atoms with E-state index in [-0.39, 0.29) is 28.4 Å². The van der Waals surface area contributed by atoms with Crippen molar-refractivity contribution in [3.63, 3.8) is 0 Å². The van der Waals surface area contributed by atoms with Gasteiger partial charge in [-0.1, -0.05) is 25.4 Å². The smallest absolute Gasteiger partial charge is 0.338 e. The highest BCUT2D eigenvalue weighted by atomic mass is 35.5. The van der Waals surface area contributed by atoms with Gasteiger partial charge < -0.3 is 19.5 Å². The number of rotatable bonds is 8. The van der Waals surface area contributed by atoms with E-state index in [2.05, 4.69) is 10.6 Å². The Morgan fingerprint density at radius 3 is 2.37 bits per heavy atom. The second kappa shape index (κ2) is 10.6. The Labute approximate surface area is 163 Å². The maximum atomic E-state index is 12.1. The Bertz CT molecular complexity index is 691. The molecular weight excluding hydrogens is 376 g/mol. The van der Waals surface area contributed by atoms with Gasteiger partial charge in [-0.3, -0.25) is 10.1 Å². The van der Waals surface area contributed by atoms with Crippen LogP contribution in [0.3, 0.4) is 0 Å². The molecule has 8 nitrogen and oxygen atoms in total. The van der Waals surface area contributed by atoms with Crippen LogP contribution in [0.5, 0.6) is 11.5 Å². The molecule has 1 aromatic rings. The van der Waals surface area contributed by atoms with Crippen molar-refractivity contribution in [1.29, 1.82) is 0 Å². The molecule has 0 aliphatic heterocycles. The summed E-state index contributed by atoms with van der Waals surface area (Å²) in [4.78, 5) is 35.3. The van der Waals surface area contributed by atoms with Crippen LogP contribution in [0.4, 0.5) is 4.79 Å². The molecule has 0 fully saturated rings. The van der Waals surface area contributed by atoms with Gasteiger partial charge in [-0.2, -0.15) is 0 Å². The number of amides is 3. The fourth-order valence-corrected chi connectivity index (χ4v) is 2.16. The number of carbonyl (C=O) groups is 3. The summed E-state index contributed by atoms with van der Waals surface area (Å²) in [6, 6.07) is 2.11. The monoisotopic (exact) mass is 400 g/mol. The number of halogens is 1. The third kappa shape index (κ3) is 7.74. The van der Waals surface area contributed by atoms with Gasteiger partial charge >= 0.3 is 12.0 Å². The number of hydrogen-bond donors (Lipinski definition) is 2. The Balaban J connectivity index is 2.68. The molecule has 0 spiro atoms. The second-order valence-electron chi connectivity index (χ2n) is 6.38. The zero-order chi connectivity index (χ0) is 20.6. The fourth-order valence-electron chi connectivity index (χ4n) is 1.91. The van der Waals surface area contributed by atoms with E-state index in [9.17, 15) is 14.4 Å². The summed E-state index contributed by atoms with van der Waals surface area (Å²) < 4.78 is 15.7. The van der Waals surface area contributed by atoms with Crippen molar-refractivity contribution in [2.75, 3.05) is 20.3 Å². The highest BCUT2D eigenvalue weighted by Crippen LogP contribution is 2.37. The summed E-state index contributed by atoms with van der Waals surface area (Å²) in [5, 5.41) is 4.76. The zero-order valence-corrected chi connectivity index (χ0v) is 16.8. The van der Waals surface area contributed by atoms with Crippen LogP contribution in [0.15, 0.2) is 12.1 Å². The topological polar surface area (TPSA) is 103 Å². The lowest BCUT2D eigenvalue weighted by molar-refractivity contribution is -0.123. The molecular formula is C18H25ClN2O6. The average Bonchev–Trinajstić information content (AvgIpc) is 2.59. The van der Waals surface area contributed by atoms with Crippen LogP contribution in [0.2, 0.25) is 5.02 Å². The molecule has 0 saturated heterocycles. The number of esters is 1. The van der Waals surface area contributed by atoms with Crippen molar-refractivity contribution in [2.24, 2.45) is 5.92 Å². The Hall–Kier alpha value is -2.48. The predicted molar refractivity (Wildman–Crippen MR) is 100 cm³/mol. The van der Waals surface area contributed by atoms with Crippen LogP contribution in [0.1, 0.15) is 38.1 Å². The molecule has 1 aromatic carbocycles. The molecule has 0 atom stereocenters. The first-order valence-electron chi connectivity index (χ1n) is 8.43. The molecule has 3 amide bonds. The Kier molecular flexibility index (Phi) is 8.87. The lowest BCUT2D eigenvalue weighted by Crippen LogP contribution is -2.42. The molecule has 27 heavy (non-hydrogen) atoms. The highest BCUT2D eigenvalue weighted by Gasteiger charge is 2.19. The number of nitrogens with one attached hydrogen (secondary N) is 2. The van der Waals surface area contributed by atoms with Gasteiger partial charge in [0, 0.05) is 6.54 Å². The maximum Gasteiger partial charge on any atom is 0.338 e. The van der Waals surface area contributed by atoms with E-state index in [1.807, 2.05) is 27.7 Å². The van der Waals surface area contributed by atoms with Gasteiger partial charge in [-0.05, 0) is 31.9 Å². The molecule has 0 saturated carbocycles. The minimum Gasteiger partial charge on any atom is -0.493 e. The van der Waals surface area contributed by atoms with E-state index in [0.29, 0.717) is 12.3 Å². The van der Waals surface area contributed by atoms with E-state index in [1.165, 1.54) is 19.2 Å². The van der Waals surface area contributed by atoms with Gasteiger partial charge in [0.1, 0.15) is 0 Å². The number of carbonyl (C=O) groups excluding carboxylic acids is 3. The van der Waals surface area contributed by atoms with Gasteiger partial charge in [-0.25, -0.2) is 9.59 Å². The molecule has 0 aromatic heterocycles. The first-order chi connectivity index (χ1) is 12.6. The number of methoxy groups -OCH3 is 1. The van der Waals surface area contributed by atoms with Crippen LogP contribution in [0, 0.1) is 5.92 Å². The van der Waals surface area contributed by atoms with Crippen LogP contribution < -0.4 is 20.1 Å². The third-order valence-corrected chi connectivity index (χ3v) is 3.36. The first kappa shape index (κ1) is 22.6. The van der Waals surface area contributed by atoms with Crippen molar-refractivity contribution in [2.45, 2.75) is 33.8 Å². The Morgan fingerprint density at radius 1 is 1.15 bits per heavy atom. The van der Waals surface area contributed by atoms with Crippen molar-refractivity contribution >= 4 is 29.5 Å². The summed E-state index contributed by atoms with van der Waals surface area (Å²) in [5.41, 5.74) is 0.0880. The molecule has 1 rings (SSSR count). The summed E-state index contributed by atoms with van der Waals surface area (Å²) in [6.07, 6.45) is -0.139. The van der Waals surface area contributed by atoms with Crippen LogP contribution >= 0.6 is 11.6 Å². The minimum absolute atomic E-state index is 0.0880. The SMILES string of the molecule is COc1cc(C(=O)OCC(=O)NC(=O)NCC(C)C)cc(Cl)c1OC(C)C. The van der Waals surface area contributed by atoms with Crippen LogP contribution in [0.25, 0.3) is 0 Å². The van der Waals surface area contributed by atoms with Crippen molar-refractivity contribution in [3.8, 4) is 11.5 Å². The first-order valence-corrected chi connectivity index (χ1v) is 8.80. The van der Waals surface area contributed by atoms with Gasteiger partial charge in [0.2, 0.25) is 0 Å². The minimum atomic E-state index is -0.788. The van der Waals surface area contributed by atoms with Gasteiger partial charge in [-0.15, -0.1) is 0 Å². The number of benzene rings is 1. The average molecular weight is 401 g/mol. The molecule has 2 N–H and O–H groups in total. The van der Waals surface area contributed by atoms with E-state index < -0.39 is 24.5 Å². The zero-order valence-electron chi connectivity index (χ0n) is 16.1. The van der Waals surface area contributed by atoms with E-state index in [1.54, 1.807) is 0 Å². The summed E-state index contributed by atoms with van der Waals surface area (Å²) in [5.74, 6) is -0.719. The van der Waals surface area contributed by atoms with Crippen LogP contribution in [-0.2, 0) is 9.53 Å². The number of hydrogen-bond acceptors (Lipinski definition) is 6. The maximum absolute atomic E-state index is 12.1. The van der Waals surface area contributed by atoms with Crippen LogP contribution in [-0.4, -0.2) is 44.3 Å². The van der Waals surface area contributed by atoms with Crippen molar-refractivity contribution in [1.82, 2.24) is 10.6 Å². The van der Waals surface area contributed by atoms with Crippen molar-refractivity contribution < 1.29 is 28.6 Å². The lowest BCUT2D eigenvalue weighted by atomic mass is 10.2. The Morgan fingerprint density at radius 2 is 1.81 bits per heavy atom. The summed E-state index contributed by atoms with van der Waals surface area (Å²) >= 11 is 6.15. The predicted octanol–water partition coefficient (Wildman–Crippen LogP) is 2.77. The molecule has 9 heteroatoms. The highest BCUT2D eigenvalue weighted by molar-refractivity contribution is 6.32. The van der Waals surface area contributed by atoms with E-state index in [4.69, 9.17) is 25.8 Å². The summed E-state index contributed by atoms with van der Waals surface area (Å²) in [6.45, 7) is 7.30. The molecule has 150 valence electrons. The normalized spacial score (nSPS) is 10.5. The van der Waals surface area contributed by atoms with Gasteiger partial charge in [0.05, 0.1) is 23.8 Å². The molecule has 0 radical (unpaired) electrons. The molecule has 0 aliphatic carbocycles. The standard InChI is InChI=1S/C18H25ClN2O6/c1-10(2)8-20-18(24)21-15(22)9-26-17(23)12-6-13(19)16(27-11(3)4)14(7-12)25-5/h6-7,10-11H,8-9H2,1-5H3,(H2,20,21,22,24). The molecule has 0 heterocycles. The quantitative estimate of drug-likeness (QED) is 0.650. The van der Waals surface area contributed by atoms with Gasteiger partial charge in [0.15, 0.2) is 18.1 Å². The number of imide groups is 1. The molecule has 0 bridgehead atoms. The number of ether oxygens (including phenoxy) is 3. The largest absolute Gasteiger partial charge is 0.493 e. The van der Waals surface area contributed by atoms with Crippen molar-refractivity contribution in [3.05, 3.63) is 22.7 Å². The molecule has 0 aliphatic rings. The molecule has 0 unspecified atom stereocenters. The second-order valence-corrected chi connectivity index (χ2v) is 6.79. The number of urea groups is 1. The summed E-state index contributed by atoms with van der Waals surface area (Å²) in [7, 11) is 1.41. The van der Waals surface area contributed by atoms with E-state index in [0.717, 1.165) is 0 Å².